The summed E-state index contributed by atoms with van der Waals surface area (Å²) >= 11 is 3.12. The lowest BCUT2D eigenvalue weighted by Crippen LogP contribution is -2.12. The molecule has 0 saturated heterocycles. The molecule has 1 aromatic carbocycles. The second-order valence-corrected chi connectivity index (χ2v) is 4.62. The van der Waals surface area contributed by atoms with Crippen LogP contribution in [0.3, 0.4) is 0 Å². The second kappa shape index (κ2) is 5.27. The number of rotatable bonds is 3. The molecule has 6 heteroatoms. The zero-order valence-corrected chi connectivity index (χ0v) is 11.5. The lowest BCUT2D eigenvalue weighted by atomic mass is 10.1. The number of benzene rings is 1. The van der Waals surface area contributed by atoms with Gasteiger partial charge in [-0.2, -0.15) is 0 Å². The summed E-state index contributed by atoms with van der Waals surface area (Å²) in [6, 6.07) is 6.04. The predicted molar refractivity (Wildman–Crippen MR) is 72.5 cm³/mol. The van der Waals surface area contributed by atoms with Gasteiger partial charge in [0.1, 0.15) is 0 Å². The molecular formula is C13H10BrNO4. The topological polar surface area (TPSA) is 79.5 Å². The smallest absolute Gasteiger partial charge is 0.335 e. The van der Waals surface area contributed by atoms with Crippen molar-refractivity contribution >= 4 is 33.5 Å². The Hall–Kier alpha value is -2.08. The third kappa shape index (κ3) is 2.85. The Morgan fingerprint density at radius 2 is 2.05 bits per heavy atom. The number of furan rings is 1. The Bertz CT molecular complexity index is 648. The number of amides is 1. The van der Waals surface area contributed by atoms with Crippen LogP contribution < -0.4 is 5.32 Å². The molecule has 1 amide bonds. The van der Waals surface area contributed by atoms with E-state index in [0.717, 1.165) is 0 Å². The molecule has 0 unspecified atom stereocenters. The van der Waals surface area contributed by atoms with E-state index in [1.807, 2.05) is 0 Å². The highest BCUT2D eigenvalue weighted by molar-refractivity contribution is 9.10. The first kappa shape index (κ1) is 13.4. The molecule has 19 heavy (non-hydrogen) atoms. The van der Waals surface area contributed by atoms with Gasteiger partial charge in [-0.1, -0.05) is 0 Å². The number of carbonyl (C=O) groups excluding carboxylic acids is 1. The molecule has 1 heterocycles. The van der Waals surface area contributed by atoms with E-state index in [2.05, 4.69) is 21.2 Å². The first-order valence-corrected chi connectivity index (χ1v) is 6.16. The molecule has 0 spiro atoms. The zero-order valence-electron chi connectivity index (χ0n) is 9.94. The van der Waals surface area contributed by atoms with Crippen LogP contribution in [0, 0.1) is 6.92 Å². The Morgan fingerprint density at radius 1 is 1.32 bits per heavy atom. The summed E-state index contributed by atoms with van der Waals surface area (Å²) in [6.07, 6.45) is 1.40. The summed E-state index contributed by atoms with van der Waals surface area (Å²) in [7, 11) is 0. The van der Waals surface area contributed by atoms with Crippen LogP contribution in [0.1, 0.15) is 26.3 Å². The monoisotopic (exact) mass is 323 g/mol. The minimum Gasteiger partial charge on any atom is -0.478 e. The quantitative estimate of drug-likeness (QED) is 0.908. The Morgan fingerprint density at radius 3 is 2.58 bits per heavy atom. The van der Waals surface area contributed by atoms with Gasteiger partial charge in [0.05, 0.1) is 17.4 Å². The van der Waals surface area contributed by atoms with Crippen LogP contribution in [0.25, 0.3) is 0 Å². The number of anilines is 1. The van der Waals surface area contributed by atoms with Gasteiger partial charge in [-0.15, -0.1) is 0 Å². The maximum absolute atomic E-state index is 11.9. The lowest BCUT2D eigenvalue weighted by Gasteiger charge is -2.08. The standard InChI is InChI=1S/C13H10BrNO4/c1-7-6-8(13(17)18)2-3-10(7)15-12(16)9-4-5-19-11(9)14/h2-6H,1H3,(H,15,16)(H,17,18). The van der Waals surface area contributed by atoms with Gasteiger partial charge in [-0.3, -0.25) is 4.79 Å². The van der Waals surface area contributed by atoms with Crippen LogP contribution in [0.4, 0.5) is 5.69 Å². The van der Waals surface area contributed by atoms with E-state index in [9.17, 15) is 9.59 Å². The summed E-state index contributed by atoms with van der Waals surface area (Å²) in [4.78, 5) is 22.8. The number of aromatic carboxylic acids is 1. The van der Waals surface area contributed by atoms with Crippen molar-refractivity contribution in [3.05, 3.63) is 51.9 Å². The molecular weight excluding hydrogens is 314 g/mol. The van der Waals surface area contributed by atoms with Crippen molar-refractivity contribution in [2.24, 2.45) is 0 Å². The average Bonchev–Trinajstić information content (AvgIpc) is 2.77. The highest BCUT2D eigenvalue weighted by Gasteiger charge is 2.14. The summed E-state index contributed by atoms with van der Waals surface area (Å²) in [5.74, 6) is -1.33. The summed E-state index contributed by atoms with van der Waals surface area (Å²) < 4.78 is 5.33. The molecule has 0 fully saturated rings. The molecule has 2 N–H and O–H groups in total. The van der Waals surface area contributed by atoms with Crippen LogP contribution in [-0.4, -0.2) is 17.0 Å². The van der Waals surface area contributed by atoms with Gasteiger partial charge in [0.2, 0.25) is 0 Å². The second-order valence-electron chi connectivity index (χ2n) is 3.90. The van der Waals surface area contributed by atoms with E-state index in [0.29, 0.717) is 21.5 Å². The average molecular weight is 324 g/mol. The largest absolute Gasteiger partial charge is 0.478 e. The van der Waals surface area contributed by atoms with Crippen molar-refractivity contribution < 1.29 is 19.1 Å². The third-order valence-electron chi connectivity index (χ3n) is 2.58. The van der Waals surface area contributed by atoms with Crippen LogP contribution in [0.15, 0.2) is 39.6 Å². The van der Waals surface area contributed by atoms with E-state index in [-0.39, 0.29) is 11.5 Å². The summed E-state index contributed by atoms with van der Waals surface area (Å²) in [6.45, 7) is 1.73. The normalized spacial score (nSPS) is 10.2. The van der Waals surface area contributed by atoms with Crippen LogP contribution in [0.5, 0.6) is 0 Å². The number of hydrogen-bond donors (Lipinski definition) is 2. The van der Waals surface area contributed by atoms with Gasteiger partial charge in [-0.05, 0) is 52.7 Å². The number of hydrogen-bond acceptors (Lipinski definition) is 3. The third-order valence-corrected chi connectivity index (χ3v) is 3.20. The van der Waals surface area contributed by atoms with E-state index < -0.39 is 5.97 Å². The van der Waals surface area contributed by atoms with Crippen molar-refractivity contribution in [1.29, 1.82) is 0 Å². The Balaban J connectivity index is 2.23. The molecule has 2 rings (SSSR count). The molecule has 5 nitrogen and oxygen atoms in total. The molecule has 0 bridgehead atoms. The fraction of sp³-hybridized carbons (Fsp3) is 0.0769. The maximum Gasteiger partial charge on any atom is 0.335 e. The number of halogens is 1. The van der Waals surface area contributed by atoms with Crippen molar-refractivity contribution in [3.8, 4) is 0 Å². The highest BCUT2D eigenvalue weighted by Crippen LogP contribution is 2.21. The lowest BCUT2D eigenvalue weighted by molar-refractivity contribution is 0.0696. The fourth-order valence-electron chi connectivity index (χ4n) is 1.58. The number of nitrogens with one attached hydrogen (secondary N) is 1. The highest BCUT2D eigenvalue weighted by atomic mass is 79.9. The molecule has 0 atom stereocenters. The van der Waals surface area contributed by atoms with Gasteiger partial charge in [-0.25, -0.2) is 4.79 Å². The molecule has 0 aliphatic rings. The number of carbonyl (C=O) groups is 2. The van der Waals surface area contributed by atoms with Gasteiger partial charge in [0.25, 0.3) is 5.91 Å². The maximum atomic E-state index is 11.9. The number of carboxylic acid groups (broad SMARTS) is 1. The summed E-state index contributed by atoms with van der Waals surface area (Å²) in [5, 5.41) is 11.6. The van der Waals surface area contributed by atoms with Gasteiger partial charge in [0.15, 0.2) is 4.67 Å². The van der Waals surface area contributed by atoms with Crippen molar-refractivity contribution in [3.63, 3.8) is 0 Å². The first-order valence-electron chi connectivity index (χ1n) is 5.37. The van der Waals surface area contributed by atoms with Gasteiger partial charge in [0, 0.05) is 5.69 Å². The SMILES string of the molecule is Cc1cc(C(=O)O)ccc1NC(=O)c1ccoc1Br. The Kier molecular flexibility index (Phi) is 3.71. The Labute approximate surface area is 117 Å². The van der Waals surface area contributed by atoms with Crippen LogP contribution in [0.2, 0.25) is 0 Å². The van der Waals surface area contributed by atoms with Gasteiger partial charge >= 0.3 is 5.97 Å². The molecule has 98 valence electrons. The van der Waals surface area contributed by atoms with Crippen molar-refractivity contribution in [1.82, 2.24) is 0 Å². The van der Waals surface area contributed by atoms with E-state index in [4.69, 9.17) is 9.52 Å². The molecule has 0 saturated carbocycles. The number of aryl methyl sites for hydroxylation is 1. The molecule has 0 radical (unpaired) electrons. The van der Waals surface area contributed by atoms with Gasteiger partial charge < -0.3 is 14.8 Å². The number of carboxylic acids is 1. The molecule has 0 aliphatic carbocycles. The minimum absolute atomic E-state index is 0.181. The minimum atomic E-state index is -1.00. The predicted octanol–water partition coefficient (Wildman–Crippen LogP) is 3.30. The molecule has 0 aliphatic heterocycles. The zero-order chi connectivity index (χ0) is 14.0. The van der Waals surface area contributed by atoms with E-state index in [1.165, 1.54) is 18.4 Å². The van der Waals surface area contributed by atoms with Crippen LogP contribution >= 0.6 is 15.9 Å². The molecule has 2 aromatic rings. The van der Waals surface area contributed by atoms with E-state index in [1.54, 1.807) is 19.1 Å². The van der Waals surface area contributed by atoms with Crippen LogP contribution in [-0.2, 0) is 0 Å². The molecule has 1 aromatic heterocycles. The van der Waals surface area contributed by atoms with Crippen molar-refractivity contribution in [2.45, 2.75) is 6.92 Å². The summed E-state index contributed by atoms with van der Waals surface area (Å²) in [5.41, 5.74) is 1.79. The first-order chi connectivity index (χ1) is 8.99. The van der Waals surface area contributed by atoms with E-state index >= 15 is 0 Å². The van der Waals surface area contributed by atoms with Crippen molar-refractivity contribution in [2.75, 3.05) is 5.32 Å². The fourth-order valence-corrected chi connectivity index (χ4v) is 2.00.